The van der Waals surface area contributed by atoms with Gasteiger partial charge in [-0.3, -0.25) is 4.79 Å². The molecule has 0 atom stereocenters. The highest BCUT2D eigenvalue weighted by atomic mass is 16.5. The normalized spacial score (nSPS) is 18.1. The Bertz CT molecular complexity index is 235. The molecule has 4 nitrogen and oxygen atoms in total. The summed E-state index contributed by atoms with van der Waals surface area (Å²) >= 11 is 0. The fraction of sp³-hybridized carbons (Fsp3) is 0.769. The molecule has 0 amide bonds. The number of hydrogen-bond acceptors (Lipinski definition) is 3. The molecule has 4 heteroatoms. The van der Waals surface area contributed by atoms with Crippen LogP contribution in [0.5, 0.6) is 0 Å². The van der Waals surface area contributed by atoms with E-state index in [1.807, 2.05) is 6.08 Å². The summed E-state index contributed by atoms with van der Waals surface area (Å²) in [6.45, 7) is 7.32. The smallest absolute Gasteiger partial charge is 0.305 e. The van der Waals surface area contributed by atoms with Crippen LogP contribution in [-0.4, -0.2) is 48.3 Å². The number of carboxylic acids is 1. The fourth-order valence-corrected chi connectivity index (χ4v) is 2.07. The van der Waals surface area contributed by atoms with E-state index in [1.54, 1.807) is 0 Å². The Morgan fingerprint density at radius 3 is 2.76 bits per heavy atom. The molecule has 1 aliphatic heterocycles. The summed E-state index contributed by atoms with van der Waals surface area (Å²) in [6.07, 6.45) is 6.62. The molecule has 0 saturated carbocycles. The van der Waals surface area contributed by atoms with Gasteiger partial charge in [-0.25, -0.2) is 0 Å². The Morgan fingerprint density at radius 1 is 1.47 bits per heavy atom. The second kappa shape index (κ2) is 8.25. The lowest BCUT2D eigenvalue weighted by molar-refractivity contribution is -0.138. The number of carboxylic acid groups (broad SMARTS) is 1. The van der Waals surface area contributed by atoms with Gasteiger partial charge in [0.2, 0.25) is 0 Å². The molecule has 0 radical (unpaired) electrons. The summed E-state index contributed by atoms with van der Waals surface area (Å²) in [5.74, 6) is -0.785. The minimum atomic E-state index is -0.785. The van der Waals surface area contributed by atoms with Crippen LogP contribution < -0.4 is 0 Å². The number of nitrogens with zero attached hydrogens (tertiary/aromatic N) is 1. The molecule has 98 valence electrons. The highest BCUT2D eigenvalue weighted by molar-refractivity contribution is 5.66. The molecule has 1 fully saturated rings. The molecular formula is C13H23NO3. The van der Waals surface area contributed by atoms with Crippen LogP contribution >= 0.6 is 0 Å². The van der Waals surface area contributed by atoms with Crippen molar-refractivity contribution in [3.8, 4) is 0 Å². The van der Waals surface area contributed by atoms with Crippen molar-refractivity contribution >= 4 is 5.97 Å². The Kier molecular flexibility index (Phi) is 6.89. The predicted octanol–water partition coefficient (Wildman–Crippen LogP) is 1.91. The topological polar surface area (TPSA) is 49.8 Å². The molecule has 0 aliphatic carbocycles. The highest BCUT2D eigenvalue weighted by Gasteiger charge is 2.19. The Morgan fingerprint density at radius 2 is 2.18 bits per heavy atom. The van der Waals surface area contributed by atoms with E-state index >= 15 is 0 Å². The summed E-state index contributed by atoms with van der Waals surface area (Å²) in [7, 11) is 0. The molecule has 0 aromatic carbocycles. The maximum absolute atomic E-state index is 10.3. The third-order valence-electron chi connectivity index (χ3n) is 3.09. The number of unbranched alkanes of at least 4 members (excludes halogenated alkanes) is 1. The first-order valence-corrected chi connectivity index (χ1v) is 6.39. The first-order valence-electron chi connectivity index (χ1n) is 6.39. The van der Waals surface area contributed by atoms with E-state index in [4.69, 9.17) is 9.84 Å². The second-order valence-corrected chi connectivity index (χ2v) is 4.49. The predicted molar refractivity (Wildman–Crippen MR) is 67.1 cm³/mol. The van der Waals surface area contributed by atoms with Crippen molar-refractivity contribution in [2.45, 2.75) is 38.2 Å². The van der Waals surface area contributed by atoms with E-state index in [2.05, 4.69) is 11.5 Å². The minimum absolute atomic E-state index is 0.111. The summed E-state index contributed by atoms with van der Waals surface area (Å²) in [4.78, 5) is 12.8. The average Bonchev–Trinajstić information content (AvgIpc) is 2.31. The lowest BCUT2D eigenvalue weighted by Crippen LogP contribution is -2.37. The lowest BCUT2D eigenvalue weighted by Gasteiger charge is -2.31. The van der Waals surface area contributed by atoms with Crippen LogP contribution in [0.25, 0.3) is 0 Å². The quantitative estimate of drug-likeness (QED) is 0.521. The molecule has 1 N–H and O–H groups in total. The van der Waals surface area contributed by atoms with Crippen molar-refractivity contribution in [1.29, 1.82) is 0 Å². The van der Waals surface area contributed by atoms with Gasteiger partial charge in [0.1, 0.15) is 0 Å². The number of allylic oxidation sites excluding steroid dienone is 1. The van der Waals surface area contributed by atoms with Crippen LogP contribution in [0.2, 0.25) is 0 Å². The van der Waals surface area contributed by atoms with E-state index < -0.39 is 5.97 Å². The molecule has 0 unspecified atom stereocenters. The van der Waals surface area contributed by atoms with Crippen LogP contribution in [0.15, 0.2) is 12.7 Å². The van der Waals surface area contributed by atoms with Crippen molar-refractivity contribution in [2.75, 3.05) is 26.2 Å². The van der Waals surface area contributed by atoms with Crippen LogP contribution in [-0.2, 0) is 9.53 Å². The Hall–Kier alpha value is -0.870. The summed E-state index contributed by atoms with van der Waals surface area (Å²) in [5.41, 5.74) is 0. The van der Waals surface area contributed by atoms with E-state index in [0.29, 0.717) is 6.61 Å². The lowest BCUT2D eigenvalue weighted by atomic mass is 10.1. The molecule has 1 saturated heterocycles. The van der Waals surface area contributed by atoms with Crippen molar-refractivity contribution in [3.63, 3.8) is 0 Å². The molecule has 0 aromatic rings. The Balaban J connectivity index is 2.04. The van der Waals surface area contributed by atoms with Crippen LogP contribution in [0.1, 0.15) is 32.1 Å². The number of rotatable bonds is 8. The van der Waals surface area contributed by atoms with Crippen molar-refractivity contribution < 1.29 is 14.6 Å². The zero-order chi connectivity index (χ0) is 12.5. The van der Waals surface area contributed by atoms with Gasteiger partial charge in [0.15, 0.2) is 0 Å². The van der Waals surface area contributed by atoms with Crippen LogP contribution in [0, 0.1) is 0 Å². The number of aliphatic carboxylic acids is 1. The number of carbonyl (C=O) groups is 1. The van der Waals surface area contributed by atoms with Gasteiger partial charge >= 0.3 is 5.97 Å². The van der Waals surface area contributed by atoms with Gasteiger partial charge < -0.3 is 14.7 Å². The van der Waals surface area contributed by atoms with Gasteiger partial charge in [-0.05, 0) is 32.2 Å². The maximum atomic E-state index is 10.3. The molecule has 0 bridgehead atoms. The van der Waals surface area contributed by atoms with E-state index in [0.717, 1.165) is 38.9 Å². The van der Waals surface area contributed by atoms with E-state index in [9.17, 15) is 4.79 Å². The zero-order valence-electron chi connectivity index (χ0n) is 10.4. The standard InChI is InChI=1S/C13H23NO3/c1-2-3-4-8-14-9-5-12(6-10-14)17-11-7-13(15)16/h2,12H,1,3-11H2,(H,15,16). The zero-order valence-corrected chi connectivity index (χ0v) is 10.4. The molecule has 1 rings (SSSR count). The molecule has 0 aromatic heterocycles. The van der Waals surface area contributed by atoms with Gasteiger partial charge in [0.25, 0.3) is 0 Å². The molecule has 1 heterocycles. The van der Waals surface area contributed by atoms with Gasteiger partial charge in [0.05, 0.1) is 19.1 Å². The highest BCUT2D eigenvalue weighted by Crippen LogP contribution is 2.14. The molecular weight excluding hydrogens is 218 g/mol. The van der Waals surface area contributed by atoms with Gasteiger partial charge in [-0.2, -0.15) is 0 Å². The summed E-state index contributed by atoms with van der Waals surface area (Å²) < 4.78 is 5.54. The van der Waals surface area contributed by atoms with E-state index in [1.165, 1.54) is 6.42 Å². The first-order chi connectivity index (χ1) is 8.22. The SMILES string of the molecule is C=CCCCN1CCC(OCCC(=O)O)CC1. The third-order valence-corrected chi connectivity index (χ3v) is 3.09. The fourth-order valence-electron chi connectivity index (χ4n) is 2.07. The third kappa shape index (κ3) is 6.44. The molecule has 0 spiro atoms. The second-order valence-electron chi connectivity index (χ2n) is 4.49. The number of ether oxygens (including phenoxy) is 1. The van der Waals surface area contributed by atoms with Gasteiger partial charge in [-0.1, -0.05) is 6.08 Å². The number of piperidine rings is 1. The van der Waals surface area contributed by atoms with Crippen LogP contribution in [0.3, 0.4) is 0 Å². The summed E-state index contributed by atoms with van der Waals surface area (Å²) in [6, 6.07) is 0. The maximum Gasteiger partial charge on any atom is 0.305 e. The monoisotopic (exact) mass is 241 g/mol. The van der Waals surface area contributed by atoms with Gasteiger partial charge in [0, 0.05) is 13.1 Å². The first kappa shape index (κ1) is 14.2. The average molecular weight is 241 g/mol. The van der Waals surface area contributed by atoms with Gasteiger partial charge in [-0.15, -0.1) is 6.58 Å². The minimum Gasteiger partial charge on any atom is -0.481 e. The molecule has 1 aliphatic rings. The largest absolute Gasteiger partial charge is 0.481 e. The van der Waals surface area contributed by atoms with Crippen molar-refractivity contribution in [1.82, 2.24) is 4.90 Å². The Labute approximate surface area is 103 Å². The number of hydrogen-bond donors (Lipinski definition) is 1. The van der Waals surface area contributed by atoms with Crippen molar-refractivity contribution in [2.24, 2.45) is 0 Å². The van der Waals surface area contributed by atoms with E-state index in [-0.39, 0.29) is 12.5 Å². The summed E-state index contributed by atoms with van der Waals surface area (Å²) in [5, 5.41) is 8.51. The molecule has 17 heavy (non-hydrogen) atoms. The number of likely N-dealkylation sites (tertiary alicyclic amines) is 1. The van der Waals surface area contributed by atoms with Crippen LogP contribution in [0.4, 0.5) is 0 Å². The van der Waals surface area contributed by atoms with Crippen molar-refractivity contribution in [3.05, 3.63) is 12.7 Å².